The smallest absolute Gasteiger partial charge is 0.319 e. The Morgan fingerprint density at radius 1 is 1.03 bits per heavy atom. The molecule has 0 bridgehead atoms. The highest BCUT2D eigenvalue weighted by Crippen LogP contribution is 2.46. The SMILES string of the molecule is CC(=O)NCc1c(C(c2ccccc2)C2C(=O)O[C@@](C)(c3ccccc3)C2=O)[nH]c2cc(C)ccc12. The van der Waals surface area contributed by atoms with Gasteiger partial charge in [0.2, 0.25) is 5.91 Å². The first kappa shape index (κ1) is 23.5. The number of nitrogens with one attached hydrogen (secondary N) is 2. The van der Waals surface area contributed by atoms with Crippen LogP contribution in [0.2, 0.25) is 0 Å². The number of ketones is 1. The Kier molecular flexibility index (Phi) is 5.96. The minimum Gasteiger partial charge on any atom is -0.446 e. The van der Waals surface area contributed by atoms with Crippen molar-refractivity contribution in [2.75, 3.05) is 0 Å². The number of carbonyl (C=O) groups excluding carboxylic acids is 3. The number of hydrogen-bond acceptors (Lipinski definition) is 4. The van der Waals surface area contributed by atoms with E-state index in [2.05, 4.69) is 10.3 Å². The molecule has 6 heteroatoms. The normalized spacial score (nSPS) is 20.4. The predicted molar refractivity (Wildman–Crippen MR) is 137 cm³/mol. The van der Waals surface area contributed by atoms with Crippen LogP contribution in [0.25, 0.3) is 10.9 Å². The van der Waals surface area contributed by atoms with Gasteiger partial charge in [-0.1, -0.05) is 72.8 Å². The molecule has 2 unspecified atom stereocenters. The molecule has 3 aromatic carbocycles. The van der Waals surface area contributed by atoms with Gasteiger partial charge in [0.25, 0.3) is 0 Å². The minimum absolute atomic E-state index is 0.160. The summed E-state index contributed by atoms with van der Waals surface area (Å²) >= 11 is 0. The van der Waals surface area contributed by atoms with E-state index in [0.717, 1.165) is 33.3 Å². The molecule has 2 heterocycles. The van der Waals surface area contributed by atoms with E-state index in [9.17, 15) is 14.4 Å². The number of benzene rings is 3. The van der Waals surface area contributed by atoms with Gasteiger partial charge in [-0.15, -0.1) is 0 Å². The van der Waals surface area contributed by atoms with E-state index in [1.165, 1.54) is 6.92 Å². The van der Waals surface area contributed by atoms with E-state index in [-0.39, 0.29) is 18.2 Å². The molecule has 1 saturated heterocycles. The lowest BCUT2D eigenvalue weighted by molar-refractivity contribution is -0.152. The summed E-state index contributed by atoms with van der Waals surface area (Å²) in [5.41, 5.74) is 3.62. The zero-order valence-electron chi connectivity index (χ0n) is 20.5. The fourth-order valence-electron chi connectivity index (χ4n) is 5.21. The minimum atomic E-state index is -1.38. The third kappa shape index (κ3) is 3.98. The van der Waals surface area contributed by atoms with Gasteiger partial charge in [-0.25, -0.2) is 0 Å². The molecular formula is C30H28N2O4. The van der Waals surface area contributed by atoms with Gasteiger partial charge in [0.15, 0.2) is 11.4 Å². The van der Waals surface area contributed by atoms with E-state index in [1.807, 2.05) is 73.7 Å². The lowest BCUT2D eigenvalue weighted by Crippen LogP contribution is -2.34. The summed E-state index contributed by atoms with van der Waals surface area (Å²) in [5.74, 6) is -2.67. The van der Waals surface area contributed by atoms with E-state index in [1.54, 1.807) is 19.1 Å². The molecule has 6 nitrogen and oxygen atoms in total. The largest absolute Gasteiger partial charge is 0.446 e. The van der Waals surface area contributed by atoms with Gasteiger partial charge in [-0.3, -0.25) is 14.4 Å². The molecule has 0 spiro atoms. The molecule has 3 atom stereocenters. The van der Waals surface area contributed by atoms with Gasteiger partial charge in [0, 0.05) is 47.1 Å². The Balaban J connectivity index is 1.70. The fraction of sp³-hybridized carbons (Fsp3) is 0.233. The first-order valence-electron chi connectivity index (χ1n) is 12.0. The van der Waals surface area contributed by atoms with Gasteiger partial charge in [-0.2, -0.15) is 0 Å². The van der Waals surface area contributed by atoms with Crippen LogP contribution in [-0.4, -0.2) is 22.6 Å². The molecule has 1 aromatic heterocycles. The van der Waals surface area contributed by atoms with E-state index in [4.69, 9.17) is 4.74 Å². The predicted octanol–water partition coefficient (Wildman–Crippen LogP) is 4.90. The number of fused-ring (bicyclic) bond motifs is 1. The van der Waals surface area contributed by atoms with Crippen molar-refractivity contribution >= 4 is 28.6 Å². The maximum atomic E-state index is 14.0. The topological polar surface area (TPSA) is 88.3 Å². The number of amides is 1. The molecule has 1 aliphatic rings. The molecule has 1 amide bonds. The standard InChI is InChI=1S/C30H28N2O4/c1-18-14-15-22-23(17-31-19(2)33)27(32-24(22)16-18)25(20-10-6-4-7-11-20)26-28(34)30(3,36-29(26)35)21-12-8-5-9-13-21/h4-16,25-26,32H,17H2,1-3H3,(H,31,33)/t25?,26?,30-/m0/s1. The maximum Gasteiger partial charge on any atom is 0.319 e. The second-order valence-corrected chi connectivity index (χ2v) is 9.53. The molecule has 1 aliphatic heterocycles. The highest BCUT2D eigenvalue weighted by molar-refractivity contribution is 6.10. The number of ether oxygens (including phenoxy) is 1. The summed E-state index contributed by atoms with van der Waals surface area (Å²) in [6, 6.07) is 24.7. The van der Waals surface area contributed by atoms with Crippen molar-refractivity contribution in [2.45, 2.75) is 38.8 Å². The summed E-state index contributed by atoms with van der Waals surface area (Å²) < 4.78 is 5.84. The van der Waals surface area contributed by atoms with Crippen LogP contribution in [0, 0.1) is 12.8 Å². The average molecular weight is 481 g/mol. The quantitative estimate of drug-likeness (QED) is 0.303. The Bertz CT molecular complexity index is 1460. The van der Waals surface area contributed by atoms with Crippen molar-refractivity contribution < 1.29 is 19.1 Å². The van der Waals surface area contributed by atoms with Crippen molar-refractivity contribution in [1.29, 1.82) is 0 Å². The third-order valence-corrected chi connectivity index (χ3v) is 7.05. The Labute approximate surface area is 209 Å². The summed E-state index contributed by atoms with van der Waals surface area (Å²) in [6.45, 7) is 5.40. The summed E-state index contributed by atoms with van der Waals surface area (Å²) in [7, 11) is 0. The monoisotopic (exact) mass is 480 g/mol. The van der Waals surface area contributed by atoms with E-state index >= 15 is 0 Å². The molecule has 182 valence electrons. The van der Waals surface area contributed by atoms with Crippen LogP contribution in [0.3, 0.4) is 0 Å². The average Bonchev–Trinajstić information content (AvgIpc) is 3.33. The highest BCUT2D eigenvalue weighted by Gasteiger charge is 2.56. The molecule has 5 rings (SSSR count). The second-order valence-electron chi connectivity index (χ2n) is 9.53. The number of aromatic nitrogens is 1. The van der Waals surface area contributed by atoms with Crippen LogP contribution in [-0.2, 0) is 31.3 Å². The Morgan fingerprint density at radius 2 is 1.69 bits per heavy atom. The zero-order chi connectivity index (χ0) is 25.4. The van der Waals surface area contributed by atoms with Crippen LogP contribution in [0.1, 0.15) is 47.7 Å². The first-order chi connectivity index (χ1) is 17.3. The zero-order valence-corrected chi connectivity index (χ0v) is 20.5. The molecule has 2 N–H and O–H groups in total. The van der Waals surface area contributed by atoms with Gasteiger partial charge >= 0.3 is 5.97 Å². The van der Waals surface area contributed by atoms with Crippen LogP contribution in [0.5, 0.6) is 0 Å². The van der Waals surface area contributed by atoms with Crippen LogP contribution in [0.15, 0.2) is 78.9 Å². The third-order valence-electron chi connectivity index (χ3n) is 7.05. The second kappa shape index (κ2) is 9.11. The summed E-state index contributed by atoms with van der Waals surface area (Å²) in [5, 5.41) is 3.84. The van der Waals surface area contributed by atoms with Crippen molar-refractivity contribution in [3.8, 4) is 0 Å². The Hall–Kier alpha value is -4.19. The van der Waals surface area contributed by atoms with Crippen molar-refractivity contribution in [3.05, 3.63) is 107 Å². The number of rotatable bonds is 6. The molecule has 1 fully saturated rings. The molecule has 0 aliphatic carbocycles. The summed E-state index contributed by atoms with van der Waals surface area (Å²) in [4.78, 5) is 42.9. The molecule has 0 saturated carbocycles. The molecule has 4 aromatic rings. The Morgan fingerprint density at radius 3 is 2.36 bits per heavy atom. The van der Waals surface area contributed by atoms with E-state index < -0.39 is 23.4 Å². The summed E-state index contributed by atoms with van der Waals surface area (Å²) in [6.07, 6.45) is 0. The number of cyclic esters (lactones) is 1. The number of Topliss-reactive ketones (excluding diaryl/α,β-unsaturated/α-hetero) is 1. The lowest BCUT2D eigenvalue weighted by Gasteiger charge is -2.24. The van der Waals surface area contributed by atoms with Crippen molar-refractivity contribution in [1.82, 2.24) is 10.3 Å². The van der Waals surface area contributed by atoms with Crippen molar-refractivity contribution in [3.63, 3.8) is 0 Å². The van der Waals surface area contributed by atoms with Gasteiger partial charge in [-0.05, 0) is 31.0 Å². The number of aromatic amines is 1. The number of aryl methyl sites for hydroxylation is 1. The lowest BCUT2D eigenvalue weighted by atomic mass is 9.76. The number of hydrogen-bond donors (Lipinski definition) is 2. The maximum absolute atomic E-state index is 14.0. The van der Waals surface area contributed by atoms with Crippen LogP contribution < -0.4 is 5.32 Å². The van der Waals surface area contributed by atoms with Crippen LogP contribution in [0.4, 0.5) is 0 Å². The molecular weight excluding hydrogens is 452 g/mol. The highest BCUT2D eigenvalue weighted by atomic mass is 16.6. The fourth-order valence-corrected chi connectivity index (χ4v) is 5.21. The van der Waals surface area contributed by atoms with Gasteiger partial charge in [0.1, 0.15) is 5.92 Å². The van der Waals surface area contributed by atoms with Crippen molar-refractivity contribution in [2.24, 2.45) is 5.92 Å². The van der Waals surface area contributed by atoms with Gasteiger partial charge < -0.3 is 15.0 Å². The van der Waals surface area contributed by atoms with E-state index in [0.29, 0.717) is 5.56 Å². The molecule has 0 radical (unpaired) electrons. The number of esters is 1. The first-order valence-corrected chi connectivity index (χ1v) is 12.0. The number of H-pyrrole nitrogens is 1. The number of carbonyl (C=O) groups is 3. The van der Waals surface area contributed by atoms with Gasteiger partial charge in [0.05, 0.1) is 0 Å². The molecule has 36 heavy (non-hydrogen) atoms. The van der Waals surface area contributed by atoms with Crippen LogP contribution >= 0.6 is 0 Å².